The monoisotopic (exact) mass is 1930 g/mol. The van der Waals surface area contributed by atoms with Crippen molar-refractivity contribution in [3.05, 3.63) is 36.0 Å². The summed E-state index contributed by atoms with van der Waals surface area (Å²) < 4.78 is 0. The summed E-state index contributed by atoms with van der Waals surface area (Å²) in [5, 5.41) is 96.9. The van der Waals surface area contributed by atoms with Crippen molar-refractivity contribution in [3.63, 3.8) is 0 Å². The average Bonchev–Trinajstić information content (AvgIpc) is 1.83. The van der Waals surface area contributed by atoms with Gasteiger partial charge in [0.1, 0.15) is 90.6 Å². The number of hydrogen-bond donors (Lipinski definition) is 26. The highest BCUT2D eigenvalue weighted by Crippen LogP contribution is 2.27. The number of carboxylic acids is 3. The molecule has 762 valence electrons. The quantitative estimate of drug-likeness (QED) is 0.0182. The molecule has 6 rings (SSSR count). The molecule has 0 saturated carbocycles. The summed E-state index contributed by atoms with van der Waals surface area (Å²) >= 11 is 0. The number of carbonyl (C=O) groups excluding carboxylic acids is 15. The van der Waals surface area contributed by atoms with Crippen molar-refractivity contribution in [2.24, 2.45) is 46.8 Å². The third-order valence-corrected chi connectivity index (χ3v) is 24.3. The van der Waals surface area contributed by atoms with Crippen LogP contribution in [0.1, 0.15) is 217 Å². The second-order valence-corrected chi connectivity index (χ2v) is 37.5. The van der Waals surface area contributed by atoms with Gasteiger partial charge in [0, 0.05) is 62.8 Å². The molecule has 4 aliphatic heterocycles. The summed E-state index contributed by atoms with van der Waals surface area (Å²) in [6, 6.07) is -15.1. The smallest absolute Gasteiger partial charge is 0.326 e. The Labute approximate surface area is 797 Å². The molecule has 15 amide bonds. The maximum absolute atomic E-state index is 14.9. The fourth-order valence-electron chi connectivity index (χ4n) is 17.2. The number of aromatic nitrogens is 1. The van der Waals surface area contributed by atoms with Gasteiger partial charge in [0.15, 0.2) is 17.9 Å². The highest BCUT2D eigenvalue weighted by atomic mass is 16.4. The number of carbonyl (C=O) groups is 18. The van der Waals surface area contributed by atoms with Gasteiger partial charge in [-0.25, -0.2) is 4.79 Å². The zero-order valence-corrected chi connectivity index (χ0v) is 80.3. The van der Waals surface area contributed by atoms with Crippen molar-refractivity contribution in [2.75, 3.05) is 45.8 Å². The molecule has 0 radical (unpaired) electrons. The van der Waals surface area contributed by atoms with Gasteiger partial charge in [-0.1, -0.05) is 93.9 Å². The van der Waals surface area contributed by atoms with Gasteiger partial charge < -0.3 is 137 Å². The number of aliphatic carboxylic acids is 3. The molecule has 17 atom stereocenters. The fourth-order valence-corrected chi connectivity index (χ4v) is 17.2. The van der Waals surface area contributed by atoms with E-state index in [-0.39, 0.29) is 178 Å². The number of amides is 15. The molecule has 1 aromatic heterocycles. The molecule has 4 aliphatic rings. The van der Waals surface area contributed by atoms with Crippen LogP contribution >= 0.6 is 0 Å². The van der Waals surface area contributed by atoms with E-state index in [9.17, 15) is 102 Å². The molecule has 1 aromatic carbocycles. The van der Waals surface area contributed by atoms with Gasteiger partial charge in [0.05, 0.1) is 18.9 Å². The lowest BCUT2D eigenvalue weighted by Crippen LogP contribution is -2.62. The number of benzene rings is 1. The summed E-state index contributed by atoms with van der Waals surface area (Å²) in [7, 11) is 0. The zero-order valence-electron chi connectivity index (χ0n) is 80.3. The maximum Gasteiger partial charge on any atom is 0.326 e. The first-order chi connectivity index (χ1) is 64.7. The van der Waals surface area contributed by atoms with Crippen LogP contribution < -0.4 is 102 Å². The van der Waals surface area contributed by atoms with Crippen LogP contribution in [0.5, 0.6) is 0 Å². The molecular formula is C90H146N26O21. The van der Waals surface area contributed by atoms with E-state index in [1.807, 2.05) is 13.8 Å². The number of nitrogens with one attached hydrogen (secondary N) is 20. The molecule has 0 spiro atoms. The first-order valence-corrected chi connectivity index (χ1v) is 47.4. The molecule has 4 fully saturated rings. The van der Waals surface area contributed by atoms with Crippen LogP contribution in [0.3, 0.4) is 0 Å². The molecule has 29 N–H and O–H groups in total. The number of likely N-dealkylation sites (tertiary alicyclic amines) is 3. The van der Waals surface area contributed by atoms with Crippen LogP contribution in [0.2, 0.25) is 0 Å². The highest BCUT2D eigenvalue weighted by molar-refractivity contribution is 6.02. The fraction of sp³-hybridized carbons (Fsp3) is 0.678. The van der Waals surface area contributed by atoms with E-state index in [4.69, 9.17) is 33.4 Å². The van der Waals surface area contributed by atoms with E-state index in [2.05, 4.69) is 90.1 Å². The van der Waals surface area contributed by atoms with Gasteiger partial charge in [0.25, 0.3) is 0 Å². The number of nitrogens with zero attached hydrogens (tertiary/aromatic N) is 3. The SMILES string of the molecule is CC[C@H](C)[C@H](NC(=O)[C@H](CC(=O)O)NC(=O)[C@H](Cc1c[nH]c2ccccc12)NC(=O)[C@H](CCCNC(=N)N)NC(=O)[C@@H]1CCCN1)C(=O)N[C@@H](CC(C)C)C(=O)N[C@@H](CC(C)C)C(=O)N[C@@H](CCCNC(=N)N)C(=O)N[C@@H](CC(=O)O)C(=O)N1CCC[C@H]1C(=O)N[C@@H](C)C(=O)N1CCC[C@H]1C(=O)N[C@@H](CCCNC(=N)N)C(=O)N1CCC[C@H]1C(=O)N[C@@H](CC(C)C)C(=O)N[C@@H](CC(C)C)C(=O)O. The van der Waals surface area contributed by atoms with Crippen LogP contribution in [0.15, 0.2) is 30.5 Å². The van der Waals surface area contributed by atoms with E-state index in [1.54, 1.807) is 85.9 Å². The van der Waals surface area contributed by atoms with Crippen LogP contribution in [-0.2, 0) is 92.7 Å². The van der Waals surface area contributed by atoms with Gasteiger partial charge in [-0.3, -0.25) is 97.7 Å². The zero-order chi connectivity index (χ0) is 102. The number of aromatic amines is 1. The van der Waals surface area contributed by atoms with Crippen molar-refractivity contribution < 1.29 is 102 Å². The van der Waals surface area contributed by atoms with Crippen LogP contribution in [0.4, 0.5) is 0 Å². The van der Waals surface area contributed by atoms with E-state index in [0.29, 0.717) is 48.7 Å². The van der Waals surface area contributed by atoms with Gasteiger partial charge in [0.2, 0.25) is 88.6 Å². The molecule has 137 heavy (non-hydrogen) atoms. The third kappa shape index (κ3) is 36.2. The van der Waals surface area contributed by atoms with Crippen molar-refractivity contribution in [1.82, 2.24) is 105 Å². The van der Waals surface area contributed by atoms with Crippen LogP contribution in [0, 0.1) is 45.8 Å². The molecule has 4 saturated heterocycles. The first-order valence-electron chi connectivity index (χ1n) is 47.4. The number of guanidine groups is 3. The molecule has 47 nitrogen and oxygen atoms in total. The molecule has 2 aromatic rings. The van der Waals surface area contributed by atoms with Crippen LogP contribution in [-0.4, -0.2) is 302 Å². The summed E-state index contributed by atoms with van der Waals surface area (Å²) in [5.41, 5.74) is 17.8. The summed E-state index contributed by atoms with van der Waals surface area (Å²) in [6.07, 6.45) is 1.93. The van der Waals surface area contributed by atoms with Gasteiger partial charge in [-0.15, -0.1) is 0 Å². The average molecular weight is 1930 g/mol. The topological polar surface area (TPSA) is 736 Å². The second kappa shape index (κ2) is 55.3. The Hall–Kier alpha value is -13.0. The van der Waals surface area contributed by atoms with Gasteiger partial charge in [-0.05, 0) is 170 Å². The number of rotatable bonds is 56. The third-order valence-electron chi connectivity index (χ3n) is 24.3. The van der Waals surface area contributed by atoms with Crippen molar-refractivity contribution in [3.8, 4) is 0 Å². The summed E-state index contributed by atoms with van der Waals surface area (Å²) in [5.74, 6) is -20.1. The molecular weight excluding hydrogens is 1780 g/mol. The van der Waals surface area contributed by atoms with Gasteiger partial charge in [-0.2, -0.15) is 0 Å². The Kier molecular flexibility index (Phi) is 45.5. The lowest BCUT2D eigenvalue weighted by molar-refractivity contribution is -0.147. The van der Waals surface area contributed by atoms with E-state index in [0.717, 1.165) is 4.90 Å². The minimum atomic E-state index is -1.92. The Morgan fingerprint density at radius 1 is 0.409 bits per heavy atom. The number of nitrogens with two attached hydrogens (primary N) is 3. The molecule has 5 heterocycles. The van der Waals surface area contributed by atoms with Crippen molar-refractivity contribution in [1.29, 1.82) is 16.2 Å². The van der Waals surface area contributed by atoms with Crippen molar-refractivity contribution >= 4 is 135 Å². The Bertz CT molecular complexity index is 4580. The van der Waals surface area contributed by atoms with E-state index < -0.39 is 228 Å². The number of carboxylic acid groups (broad SMARTS) is 3. The number of para-hydroxylation sites is 1. The highest BCUT2D eigenvalue weighted by Gasteiger charge is 2.46. The molecule has 0 aliphatic carbocycles. The Morgan fingerprint density at radius 2 is 0.774 bits per heavy atom. The second-order valence-electron chi connectivity index (χ2n) is 37.5. The van der Waals surface area contributed by atoms with Crippen LogP contribution in [0.25, 0.3) is 10.9 Å². The van der Waals surface area contributed by atoms with Crippen molar-refractivity contribution in [2.45, 2.75) is 314 Å². The first kappa shape index (κ1) is 113. The molecule has 47 heteroatoms. The normalized spacial score (nSPS) is 18.6. The lowest BCUT2D eigenvalue weighted by Gasteiger charge is -2.32. The summed E-state index contributed by atoms with van der Waals surface area (Å²) in [4.78, 5) is 262. The largest absolute Gasteiger partial charge is 0.481 e. The number of hydrogen-bond acceptors (Lipinski definition) is 22. The molecule has 0 bridgehead atoms. The standard InChI is InChI=1S/C90H146N26O21/c1-12-50(10)71(113-79(128)63(43-69(117)118)108-78(127)62(42-52-45-101-54-23-14-13-22-53(52)54)107-73(122)56(25-16-32-98-88(91)92)103-72(121)55-24-15-31-97-55)83(132)110-61(40-48(6)7)76(125)106-59(38-46(2)3)75(124)104-57(26-17-33-99-89(93)94)74(123)111-64(44-70(119)120)86(135)116-37-20-28-66(116)80(129)102-51(11)84(133)114-35-19-29-67(114)81(130)105-58(27-18-34-100-90(95)96)85(134)115-36-21-30-68(115)82(131)109-60(39-47(4)5)77(126)112-65(87(136)137)41-49(8)9/h13-14,22-23,45-51,55-68,71,97,101H,12,15-21,24-44H2,1-11H3,(H,102,129)(H,103,121)(H,104,124)(H,105,130)(H,106,125)(H,107,122)(H,108,127)(H,109,131)(H,110,132)(H,111,123)(H,112,126)(H,113,128)(H,117,118)(H,119,120)(H,136,137)(H4,91,92,98)(H4,93,94,99)(H4,95,96,100)/t50-,51-,55-,56-,57-,58-,59-,60-,61-,62-,63-,64-,65-,66-,67-,68-,71-/m0/s1. The van der Waals surface area contributed by atoms with E-state index in [1.165, 1.54) is 16.7 Å². The predicted molar refractivity (Wildman–Crippen MR) is 503 cm³/mol. The summed E-state index contributed by atoms with van der Waals surface area (Å²) in [6.45, 7) is 19.5. The maximum atomic E-state index is 14.9. The molecule has 0 unspecified atom stereocenters. The Morgan fingerprint density at radius 3 is 1.23 bits per heavy atom. The predicted octanol–water partition coefficient (Wildman–Crippen LogP) is -2.67. The minimum Gasteiger partial charge on any atom is -0.481 e. The van der Waals surface area contributed by atoms with E-state index >= 15 is 0 Å². The number of fused-ring (bicyclic) bond motifs is 1. The number of H-pyrrole nitrogens is 1. The minimum absolute atomic E-state index is 0.00791. The lowest BCUT2D eigenvalue weighted by atomic mass is 9.95. The Balaban J connectivity index is 1.16. The van der Waals surface area contributed by atoms with Gasteiger partial charge >= 0.3 is 17.9 Å².